The number of nitrogens with zero attached hydrogens (tertiary/aromatic N) is 2. The first-order valence-electron chi connectivity index (χ1n) is 8.46. The second kappa shape index (κ2) is 8.39. The second-order valence-electron chi connectivity index (χ2n) is 6.52. The van der Waals surface area contributed by atoms with Crippen LogP contribution in [-0.4, -0.2) is 21.8 Å². The third-order valence-corrected chi connectivity index (χ3v) is 4.86. The van der Waals surface area contributed by atoms with E-state index in [1.165, 1.54) is 16.7 Å². The van der Waals surface area contributed by atoms with Gasteiger partial charge in [0.15, 0.2) is 6.73 Å². The lowest BCUT2D eigenvalue weighted by atomic mass is 9.92. The van der Waals surface area contributed by atoms with Gasteiger partial charge in [0.2, 0.25) is 0 Å². The molecule has 1 fully saturated rings. The molecule has 1 aromatic carbocycles. The van der Waals surface area contributed by atoms with Crippen molar-refractivity contribution in [3.8, 4) is 0 Å². The fraction of sp³-hybridized carbons (Fsp3) is 0.474. The molecule has 6 heteroatoms. The van der Waals surface area contributed by atoms with Crippen LogP contribution < -0.4 is 0 Å². The van der Waals surface area contributed by atoms with Gasteiger partial charge in [-0.25, -0.2) is 9.78 Å². The van der Waals surface area contributed by atoms with Crippen molar-refractivity contribution >= 4 is 18.6 Å². The molecule has 0 aliphatic heterocycles. The maximum Gasteiger partial charge on any atom is 0.510 e. The van der Waals surface area contributed by atoms with Gasteiger partial charge in [0.25, 0.3) is 0 Å². The molecule has 0 bridgehead atoms. The second-order valence-corrected chi connectivity index (χ2v) is 6.52. The summed E-state index contributed by atoms with van der Waals surface area (Å²) in [4.78, 5) is 16.0. The van der Waals surface area contributed by atoms with E-state index in [1.54, 1.807) is 10.9 Å². The number of hydrogen-bond donors (Lipinski definition) is 0. The maximum atomic E-state index is 11.6. The Balaban J connectivity index is 0.00000225. The summed E-state index contributed by atoms with van der Waals surface area (Å²) in [6.07, 6.45) is 6.06. The summed E-state index contributed by atoms with van der Waals surface area (Å²) < 4.78 is 12.1. The molecular formula is C19H25ClN2O3. The zero-order chi connectivity index (χ0) is 17.1. The number of hydrogen-bond acceptors (Lipinski definition) is 4. The minimum absolute atomic E-state index is 0. The van der Waals surface area contributed by atoms with Gasteiger partial charge in [-0.15, -0.1) is 12.4 Å². The summed E-state index contributed by atoms with van der Waals surface area (Å²) in [5, 5.41) is 0. The topological polar surface area (TPSA) is 53.4 Å². The van der Waals surface area contributed by atoms with Crippen LogP contribution in [0.5, 0.6) is 0 Å². The van der Waals surface area contributed by atoms with Gasteiger partial charge in [0.05, 0.1) is 12.0 Å². The molecule has 0 unspecified atom stereocenters. The summed E-state index contributed by atoms with van der Waals surface area (Å²) in [5.41, 5.74) is 4.80. The van der Waals surface area contributed by atoms with E-state index >= 15 is 0 Å². The number of benzene rings is 1. The van der Waals surface area contributed by atoms with E-state index < -0.39 is 6.16 Å². The first-order valence-corrected chi connectivity index (χ1v) is 8.46. The van der Waals surface area contributed by atoms with Crippen LogP contribution in [0.25, 0.3) is 0 Å². The number of carbonyl (C=O) groups is 1. The minimum atomic E-state index is -0.600. The summed E-state index contributed by atoms with van der Waals surface area (Å²) in [7, 11) is 0. The highest BCUT2D eigenvalue weighted by Gasteiger charge is 2.22. The molecule has 1 aromatic heterocycles. The molecule has 1 aliphatic carbocycles. The fourth-order valence-corrected chi connectivity index (χ4v) is 2.86. The van der Waals surface area contributed by atoms with Gasteiger partial charge in [-0.1, -0.05) is 25.1 Å². The van der Waals surface area contributed by atoms with Gasteiger partial charge in [0.1, 0.15) is 6.10 Å². The average molecular weight is 365 g/mol. The van der Waals surface area contributed by atoms with E-state index in [2.05, 4.69) is 44.0 Å². The van der Waals surface area contributed by atoms with Crippen LogP contribution in [0, 0.1) is 13.8 Å². The Morgan fingerprint density at radius 1 is 1.36 bits per heavy atom. The van der Waals surface area contributed by atoms with Gasteiger partial charge < -0.3 is 14.0 Å². The monoisotopic (exact) mass is 364 g/mol. The van der Waals surface area contributed by atoms with Crippen LogP contribution in [0.4, 0.5) is 4.79 Å². The van der Waals surface area contributed by atoms with Crippen LogP contribution in [0.2, 0.25) is 0 Å². The standard InChI is InChI=1S/C19H24N2O3.ClH/c1-13-6-4-9-17(14(13)2)15(3)18-10-21(11-20-18)12-23-19(22)24-16-7-5-8-16;/h4,6,9-11,15-16H,5,7-8,12H2,1-3H3;1H/t15-;/m0./s1. The van der Waals surface area contributed by atoms with E-state index in [1.807, 2.05) is 6.20 Å². The first-order chi connectivity index (χ1) is 11.5. The first kappa shape index (κ1) is 19.3. The van der Waals surface area contributed by atoms with Crippen molar-refractivity contribution in [2.24, 2.45) is 0 Å². The van der Waals surface area contributed by atoms with E-state index in [-0.39, 0.29) is 31.2 Å². The molecule has 0 radical (unpaired) electrons. The van der Waals surface area contributed by atoms with Gasteiger partial charge in [0, 0.05) is 12.1 Å². The molecule has 0 N–H and O–H groups in total. The van der Waals surface area contributed by atoms with Crippen LogP contribution in [0.1, 0.15) is 54.5 Å². The van der Waals surface area contributed by atoms with Crippen molar-refractivity contribution in [2.75, 3.05) is 0 Å². The molecule has 25 heavy (non-hydrogen) atoms. The minimum Gasteiger partial charge on any atom is -0.431 e. The van der Waals surface area contributed by atoms with Crippen molar-refractivity contribution in [1.82, 2.24) is 9.55 Å². The van der Waals surface area contributed by atoms with E-state index in [0.29, 0.717) is 0 Å². The van der Waals surface area contributed by atoms with Gasteiger partial charge in [-0.05, 0) is 49.8 Å². The number of carbonyl (C=O) groups excluding carboxylic acids is 1. The highest BCUT2D eigenvalue weighted by atomic mass is 35.5. The number of aromatic nitrogens is 2. The van der Waals surface area contributed by atoms with Crippen LogP contribution >= 0.6 is 12.4 Å². The molecule has 136 valence electrons. The largest absolute Gasteiger partial charge is 0.510 e. The predicted octanol–water partition coefficient (Wildman–Crippen LogP) is 4.74. The Hall–Kier alpha value is -2.01. The molecule has 2 aromatic rings. The van der Waals surface area contributed by atoms with E-state index in [9.17, 15) is 4.79 Å². The van der Waals surface area contributed by atoms with Crippen molar-refractivity contribution in [3.05, 3.63) is 53.1 Å². The summed E-state index contributed by atoms with van der Waals surface area (Å²) in [6.45, 7) is 6.52. The Labute approximate surface area is 154 Å². The smallest absolute Gasteiger partial charge is 0.431 e. The Morgan fingerprint density at radius 3 is 2.80 bits per heavy atom. The number of rotatable bonds is 5. The van der Waals surface area contributed by atoms with Gasteiger partial charge >= 0.3 is 6.16 Å². The highest BCUT2D eigenvalue weighted by Crippen LogP contribution is 2.27. The number of ether oxygens (including phenoxy) is 2. The lowest BCUT2D eigenvalue weighted by molar-refractivity contribution is -0.0168. The molecule has 1 aliphatic rings. The van der Waals surface area contributed by atoms with Gasteiger partial charge in [-0.2, -0.15) is 0 Å². The van der Waals surface area contributed by atoms with Crippen molar-refractivity contribution in [1.29, 1.82) is 0 Å². The quantitative estimate of drug-likeness (QED) is 0.719. The molecule has 0 amide bonds. The van der Waals surface area contributed by atoms with Crippen molar-refractivity contribution in [2.45, 2.75) is 58.8 Å². The molecule has 5 nitrogen and oxygen atoms in total. The Kier molecular flexibility index (Phi) is 6.48. The molecule has 0 saturated heterocycles. The van der Waals surface area contributed by atoms with Crippen molar-refractivity contribution < 1.29 is 14.3 Å². The highest BCUT2D eigenvalue weighted by molar-refractivity contribution is 5.85. The normalized spacial score (nSPS) is 15.0. The molecule has 1 heterocycles. The van der Waals surface area contributed by atoms with Crippen LogP contribution in [0.3, 0.4) is 0 Å². The maximum absolute atomic E-state index is 11.6. The summed E-state index contributed by atoms with van der Waals surface area (Å²) in [6, 6.07) is 6.33. The average Bonchev–Trinajstić information content (AvgIpc) is 3.00. The zero-order valence-electron chi connectivity index (χ0n) is 14.9. The molecule has 1 atom stereocenters. The molecular weight excluding hydrogens is 340 g/mol. The number of aryl methyl sites for hydroxylation is 1. The Morgan fingerprint density at radius 2 is 2.12 bits per heavy atom. The van der Waals surface area contributed by atoms with Crippen LogP contribution in [-0.2, 0) is 16.2 Å². The van der Waals surface area contributed by atoms with Crippen molar-refractivity contribution in [3.63, 3.8) is 0 Å². The SMILES string of the molecule is Cc1cccc([C@H](C)c2cn(COC(=O)OC3CCC3)cn2)c1C.Cl. The number of halogens is 1. The van der Waals surface area contributed by atoms with Gasteiger partial charge in [-0.3, -0.25) is 0 Å². The zero-order valence-corrected chi connectivity index (χ0v) is 15.7. The van der Waals surface area contributed by atoms with Crippen LogP contribution in [0.15, 0.2) is 30.7 Å². The fourth-order valence-electron chi connectivity index (χ4n) is 2.86. The summed E-state index contributed by atoms with van der Waals surface area (Å²) in [5.74, 6) is 0.188. The predicted molar refractivity (Wildman–Crippen MR) is 98.1 cm³/mol. The molecule has 0 spiro atoms. The molecule has 1 saturated carbocycles. The summed E-state index contributed by atoms with van der Waals surface area (Å²) >= 11 is 0. The number of imidazole rings is 1. The third-order valence-electron chi connectivity index (χ3n) is 4.86. The van der Waals surface area contributed by atoms with E-state index in [4.69, 9.17) is 9.47 Å². The Bertz CT molecular complexity index is 725. The lowest BCUT2D eigenvalue weighted by Crippen LogP contribution is -2.25. The lowest BCUT2D eigenvalue weighted by Gasteiger charge is -2.24. The molecule has 3 rings (SSSR count). The van der Waals surface area contributed by atoms with E-state index in [0.717, 1.165) is 25.0 Å². The third kappa shape index (κ3) is 4.54.